The molecule has 2 saturated heterocycles. The first-order valence-electron chi connectivity index (χ1n) is 7.94. The van der Waals surface area contributed by atoms with Crippen LogP contribution in [0.3, 0.4) is 0 Å². The first kappa shape index (κ1) is 14.4. The fraction of sp³-hybridized carbons (Fsp3) is 0.588. The van der Waals surface area contributed by atoms with Gasteiger partial charge in [0.25, 0.3) is 0 Å². The number of hydrogen-bond acceptors (Lipinski definition) is 4. The zero-order valence-corrected chi connectivity index (χ0v) is 12.5. The summed E-state index contributed by atoms with van der Waals surface area (Å²) in [6, 6.07) is 10.3. The van der Waals surface area contributed by atoms with Crippen molar-refractivity contribution in [1.29, 1.82) is 5.26 Å². The molecule has 21 heavy (non-hydrogen) atoms. The molecule has 1 aromatic rings. The number of nitriles is 1. The molecule has 4 heteroatoms. The molecular weight excluding hydrogens is 262 g/mol. The van der Waals surface area contributed by atoms with Gasteiger partial charge in [0.15, 0.2) is 0 Å². The normalized spacial score (nSPS) is 22.7. The summed E-state index contributed by atoms with van der Waals surface area (Å²) in [5.41, 5.74) is 0.678. The third-order valence-electron chi connectivity index (χ3n) is 4.54. The minimum Gasteiger partial charge on any atom is -0.494 e. The van der Waals surface area contributed by atoms with Gasteiger partial charge in [0.2, 0.25) is 0 Å². The van der Waals surface area contributed by atoms with Crippen molar-refractivity contribution in [3.05, 3.63) is 29.8 Å². The van der Waals surface area contributed by atoms with Gasteiger partial charge >= 0.3 is 0 Å². The van der Waals surface area contributed by atoms with Gasteiger partial charge in [0, 0.05) is 32.2 Å². The van der Waals surface area contributed by atoms with Crippen LogP contribution in [0, 0.1) is 11.3 Å². The Hall–Kier alpha value is -1.57. The van der Waals surface area contributed by atoms with Gasteiger partial charge in [-0.15, -0.1) is 0 Å². The van der Waals surface area contributed by atoms with E-state index in [1.807, 2.05) is 12.1 Å². The molecule has 4 nitrogen and oxygen atoms in total. The minimum absolute atomic E-state index is 0.678. The van der Waals surface area contributed by atoms with Crippen molar-refractivity contribution in [1.82, 2.24) is 9.80 Å². The third kappa shape index (κ3) is 3.75. The highest BCUT2D eigenvalue weighted by Gasteiger charge is 2.29. The number of rotatable bonds is 5. The Morgan fingerprint density at radius 2 is 2.05 bits per heavy atom. The van der Waals surface area contributed by atoms with Crippen molar-refractivity contribution >= 4 is 0 Å². The summed E-state index contributed by atoms with van der Waals surface area (Å²) in [5, 5.41) is 8.75. The van der Waals surface area contributed by atoms with Crippen LogP contribution in [0.1, 0.15) is 24.8 Å². The van der Waals surface area contributed by atoms with E-state index < -0.39 is 0 Å². The van der Waals surface area contributed by atoms with Gasteiger partial charge in [-0.2, -0.15) is 5.26 Å². The second-order valence-electron chi connectivity index (χ2n) is 5.97. The molecule has 0 bridgehead atoms. The van der Waals surface area contributed by atoms with Crippen LogP contribution in [0.25, 0.3) is 0 Å². The average molecular weight is 285 g/mol. The molecule has 0 spiro atoms. The molecule has 0 N–H and O–H groups in total. The minimum atomic E-state index is 0.678. The van der Waals surface area contributed by atoms with Crippen molar-refractivity contribution in [3.8, 4) is 11.8 Å². The van der Waals surface area contributed by atoms with Crippen molar-refractivity contribution in [2.45, 2.75) is 25.3 Å². The van der Waals surface area contributed by atoms with E-state index in [0.29, 0.717) is 5.56 Å². The summed E-state index contributed by atoms with van der Waals surface area (Å²) in [6.45, 7) is 6.85. The summed E-state index contributed by atoms with van der Waals surface area (Å²) < 4.78 is 5.74. The van der Waals surface area contributed by atoms with Crippen molar-refractivity contribution in [3.63, 3.8) is 0 Å². The maximum Gasteiger partial charge on any atom is 0.119 e. The predicted octanol–water partition coefficient (Wildman–Crippen LogP) is 2.11. The van der Waals surface area contributed by atoms with Crippen LogP contribution in [0.4, 0.5) is 0 Å². The topological polar surface area (TPSA) is 39.5 Å². The Kier molecular flexibility index (Phi) is 4.74. The second-order valence-corrected chi connectivity index (χ2v) is 5.97. The fourth-order valence-electron chi connectivity index (χ4n) is 3.36. The first-order chi connectivity index (χ1) is 10.3. The van der Waals surface area contributed by atoms with Crippen LogP contribution < -0.4 is 4.74 Å². The molecule has 0 aromatic heterocycles. The van der Waals surface area contributed by atoms with Gasteiger partial charge in [0.05, 0.1) is 18.2 Å². The molecule has 112 valence electrons. The van der Waals surface area contributed by atoms with Crippen molar-refractivity contribution in [2.75, 3.05) is 39.3 Å². The molecule has 3 rings (SSSR count). The summed E-state index contributed by atoms with van der Waals surface area (Å²) in [6.07, 6.45) is 3.81. The Morgan fingerprint density at radius 3 is 2.86 bits per heavy atom. The standard InChI is InChI=1S/C17H23N3O/c18-13-15-4-6-17(7-5-15)21-12-2-8-19-10-11-20-9-1-3-16(20)14-19/h4-7,16H,1-3,8-12,14H2. The lowest BCUT2D eigenvalue weighted by atomic mass is 10.1. The molecule has 0 aliphatic carbocycles. The smallest absolute Gasteiger partial charge is 0.119 e. The van der Waals surface area contributed by atoms with Crippen LogP contribution >= 0.6 is 0 Å². The lowest BCUT2D eigenvalue weighted by molar-refractivity contribution is 0.0997. The van der Waals surface area contributed by atoms with E-state index in [9.17, 15) is 0 Å². The maximum absolute atomic E-state index is 8.75. The van der Waals surface area contributed by atoms with Gasteiger partial charge in [-0.25, -0.2) is 0 Å². The number of ether oxygens (including phenoxy) is 1. The summed E-state index contributed by atoms with van der Waals surface area (Å²) >= 11 is 0. The van der Waals surface area contributed by atoms with Gasteiger partial charge < -0.3 is 9.64 Å². The lowest BCUT2D eigenvalue weighted by Gasteiger charge is -2.37. The third-order valence-corrected chi connectivity index (χ3v) is 4.54. The Labute approximate surface area is 126 Å². The molecule has 1 aromatic carbocycles. The number of piperazine rings is 1. The monoisotopic (exact) mass is 285 g/mol. The summed E-state index contributed by atoms with van der Waals surface area (Å²) in [4.78, 5) is 5.22. The highest BCUT2D eigenvalue weighted by molar-refractivity contribution is 5.34. The van der Waals surface area contributed by atoms with E-state index in [4.69, 9.17) is 10.00 Å². The quantitative estimate of drug-likeness (QED) is 0.777. The number of nitrogens with zero attached hydrogens (tertiary/aromatic N) is 3. The zero-order valence-electron chi connectivity index (χ0n) is 12.5. The Bertz CT molecular complexity index is 494. The zero-order chi connectivity index (χ0) is 14.5. The SMILES string of the molecule is N#Cc1ccc(OCCCN2CCN3CCCC3C2)cc1. The highest BCUT2D eigenvalue weighted by Crippen LogP contribution is 2.21. The van der Waals surface area contributed by atoms with Gasteiger partial charge in [-0.05, 0) is 50.1 Å². The summed E-state index contributed by atoms with van der Waals surface area (Å²) in [7, 11) is 0. The number of benzene rings is 1. The highest BCUT2D eigenvalue weighted by atomic mass is 16.5. The molecule has 1 unspecified atom stereocenters. The fourth-order valence-corrected chi connectivity index (χ4v) is 3.36. The van der Waals surface area contributed by atoms with Crippen molar-refractivity contribution < 1.29 is 4.74 Å². The molecule has 1 atom stereocenters. The first-order valence-corrected chi connectivity index (χ1v) is 7.94. The van der Waals surface area contributed by atoms with Gasteiger partial charge in [-0.3, -0.25) is 4.90 Å². The molecule has 0 amide bonds. The van der Waals surface area contributed by atoms with E-state index in [1.165, 1.54) is 39.0 Å². The van der Waals surface area contributed by atoms with Crippen LogP contribution in [0.2, 0.25) is 0 Å². The number of hydrogen-bond donors (Lipinski definition) is 0. The predicted molar refractivity (Wildman–Crippen MR) is 82.3 cm³/mol. The second kappa shape index (κ2) is 6.93. The van der Waals surface area contributed by atoms with Gasteiger partial charge in [0.1, 0.15) is 5.75 Å². The molecule has 0 saturated carbocycles. The molecular formula is C17H23N3O. The number of fused-ring (bicyclic) bond motifs is 1. The van der Waals surface area contributed by atoms with Gasteiger partial charge in [-0.1, -0.05) is 0 Å². The molecule has 2 aliphatic rings. The molecule has 2 aliphatic heterocycles. The van der Waals surface area contributed by atoms with Crippen LogP contribution in [0.5, 0.6) is 5.75 Å². The van der Waals surface area contributed by atoms with E-state index in [2.05, 4.69) is 15.9 Å². The maximum atomic E-state index is 8.75. The van der Waals surface area contributed by atoms with Crippen LogP contribution in [-0.2, 0) is 0 Å². The van der Waals surface area contributed by atoms with E-state index in [0.717, 1.165) is 31.4 Å². The van der Waals surface area contributed by atoms with Crippen molar-refractivity contribution in [2.24, 2.45) is 0 Å². The van der Waals surface area contributed by atoms with Crippen LogP contribution in [-0.4, -0.2) is 55.2 Å². The molecule has 0 radical (unpaired) electrons. The lowest BCUT2D eigenvalue weighted by Crippen LogP contribution is -2.50. The van der Waals surface area contributed by atoms with E-state index in [-0.39, 0.29) is 0 Å². The average Bonchev–Trinajstić information content (AvgIpc) is 3.00. The van der Waals surface area contributed by atoms with E-state index in [1.54, 1.807) is 12.1 Å². The van der Waals surface area contributed by atoms with E-state index >= 15 is 0 Å². The molecule has 2 fully saturated rings. The molecule has 2 heterocycles. The summed E-state index contributed by atoms with van der Waals surface area (Å²) in [5.74, 6) is 0.856. The Balaban J connectivity index is 1.35. The largest absolute Gasteiger partial charge is 0.494 e. The Morgan fingerprint density at radius 1 is 1.19 bits per heavy atom. The van der Waals surface area contributed by atoms with Crippen LogP contribution in [0.15, 0.2) is 24.3 Å².